The molecule has 1 saturated heterocycles. The molecule has 0 aromatic heterocycles. The molecule has 4 nitrogen and oxygen atoms in total. The zero-order valence-corrected chi connectivity index (χ0v) is 20.9. The highest BCUT2D eigenvalue weighted by molar-refractivity contribution is 9.10. The van der Waals surface area contributed by atoms with Gasteiger partial charge in [0.25, 0.3) is 5.91 Å². The summed E-state index contributed by atoms with van der Waals surface area (Å²) >= 11 is 16.2. The Bertz CT molecular complexity index is 1200. The Kier molecular flexibility index (Phi) is 7.20. The number of rotatable bonds is 6. The maximum Gasteiger partial charge on any atom is 0.270 e. The second kappa shape index (κ2) is 10.1. The van der Waals surface area contributed by atoms with E-state index in [4.69, 9.17) is 33.3 Å². The van der Waals surface area contributed by atoms with Gasteiger partial charge in [-0.1, -0.05) is 53.8 Å². The van der Waals surface area contributed by atoms with Gasteiger partial charge < -0.3 is 9.47 Å². The lowest BCUT2D eigenvalue weighted by atomic mass is 10.2. The van der Waals surface area contributed by atoms with Crippen LogP contribution in [0.15, 0.2) is 76.1 Å². The van der Waals surface area contributed by atoms with Crippen LogP contribution in [0.1, 0.15) is 11.1 Å². The van der Waals surface area contributed by atoms with Gasteiger partial charge in [0.15, 0.2) is 4.32 Å². The molecule has 3 aromatic carbocycles. The lowest BCUT2D eigenvalue weighted by molar-refractivity contribution is -0.113. The van der Waals surface area contributed by atoms with Gasteiger partial charge in [-0.05, 0) is 81.7 Å². The lowest BCUT2D eigenvalue weighted by Gasteiger charge is -2.14. The van der Waals surface area contributed by atoms with Gasteiger partial charge in [0.2, 0.25) is 0 Å². The van der Waals surface area contributed by atoms with Crippen LogP contribution in [0.5, 0.6) is 11.5 Å². The normalized spacial score (nSPS) is 14.8. The minimum absolute atomic E-state index is 0.149. The van der Waals surface area contributed by atoms with E-state index >= 15 is 0 Å². The molecule has 4 rings (SSSR count). The third-order valence-electron chi connectivity index (χ3n) is 4.69. The first-order valence-electron chi connectivity index (χ1n) is 9.53. The summed E-state index contributed by atoms with van der Waals surface area (Å²) in [6.45, 7) is 0.426. The van der Waals surface area contributed by atoms with Crippen LogP contribution < -0.4 is 14.4 Å². The average Bonchev–Trinajstić information content (AvgIpc) is 3.07. The summed E-state index contributed by atoms with van der Waals surface area (Å²) in [7, 11) is 1.60. The highest BCUT2D eigenvalue weighted by Crippen LogP contribution is 2.37. The van der Waals surface area contributed by atoms with Crippen molar-refractivity contribution < 1.29 is 14.3 Å². The van der Waals surface area contributed by atoms with E-state index in [1.54, 1.807) is 19.2 Å². The van der Waals surface area contributed by atoms with Crippen molar-refractivity contribution in [2.75, 3.05) is 12.0 Å². The Hall–Kier alpha value is -2.32. The van der Waals surface area contributed by atoms with Crippen LogP contribution in [0.25, 0.3) is 6.08 Å². The second-order valence-electron chi connectivity index (χ2n) is 6.82. The molecule has 0 spiro atoms. The third-order valence-corrected chi connectivity index (χ3v) is 6.86. The summed E-state index contributed by atoms with van der Waals surface area (Å²) in [6.07, 6.45) is 1.83. The van der Waals surface area contributed by atoms with E-state index < -0.39 is 0 Å². The van der Waals surface area contributed by atoms with E-state index in [0.717, 1.165) is 21.3 Å². The van der Waals surface area contributed by atoms with Crippen LogP contribution in [0.4, 0.5) is 5.69 Å². The smallest absolute Gasteiger partial charge is 0.270 e. The number of ether oxygens (including phenoxy) is 2. The van der Waals surface area contributed by atoms with Crippen LogP contribution in [-0.2, 0) is 11.4 Å². The molecule has 0 atom stereocenters. The predicted molar refractivity (Wildman–Crippen MR) is 139 cm³/mol. The topological polar surface area (TPSA) is 38.8 Å². The van der Waals surface area contributed by atoms with Gasteiger partial charge in [-0.25, -0.2) is 0 Å². The first kappa shape index (κ1) is 22.9. The molecule has 0 bridgehead atoms. The molecule has 1 amide bonds. The number of nitrogens with zero attached hydrogens (tertiary/aromatic N) is 1. The van der Waals surface area contributed by atoms with Gasteiger partial charge in [0.05, 0.1) is 22.2 Å². The molecule has 8 heteroatoms. The molecular formula is C24H17BrClNO3S2. The Labute approximate surface area is 209 Å². The number of methoxy groups -OCH3 is 1. The van der Waals surface area contributed by atoms with Crippen LogP contribution in [0.2, 0.25) is 5.02 Å². The van der Waals surface area contributed by atoms with E-state index in [9.17, 15) is 4.79 Å². The average molecular weight is 547 g/mol. The van der Waals surface area contributed by atoms with E-state index in [1.807, 2.05) is 60.7 Å². The molecular weight excluding hydrogens is 530 g/mol. The van der Waals surface area contributed by atoms with Gasteiger partial charge in [-0.3, -0.25) is 9.69 Å². The molecule has 0 radical (unpaired) electrons. The highest BCUT2D eigenvalue weighted by atomic mass is 79.9. The summed E-state index contributed by atoms with van der Waals surface area (Å²) in [6, 6.07) is 20.4. The molecule has 1 aliphatic heterocycles. The van der Waals surface area contributed by atoms with Crippen molar-refractivity contribution >= 4 is 73.5 Å². The summed E-state index contributed by atoms with van der Waals surface area (Å²) in [5, 5.41) is 0.691. The number of halogens is 2. The number of hydrogen-bond donors (Lipinski definition) is 0. The number of carbonyl (C=O) groups is 1. The van der Waals surface area contributed by atoms with Gasteiger partial charge in [0.1, 0.15) is 18.1 Å². The van der Waals surface area contributed by atoms with Crippen LogP contribution >= 0.6 is 51.5 Å². The summed E-state index contributed by atoms with van der Waals surface area (Å²) in [5.41, 5.74) is 2.60. The van der Waals surface area contributed by atoms with E-state index in [0.29, 0.717) is 32.3 Å². The maximum absolute atomic E-state index is 13.0. The van der Waals surface area contributed by atoms with Crippen LogP contribution in [-0.4, -0.2) is 17.3 Å². The molecule has 0 unspecified atom stereocenters. The molecule has 0 saturated carbocycles. The van der Waals surface area contributed by atoms with Crippen molar-refractivity contribution in [1.29, 1.82) is 0 Å². The standard InChI is InChI=1S/C24H17BrClNO3S2/c1-29-19-9-7-18(8-10-19)27-23(28)22(32-24(27)31)13-16-4-11-21(20(25)12-16)30-14-15-2-5-17(26)6-3-15/h2-13H,14H2,1H3/b22-13-. The number of carbonyl (C=O) groups excluding carboxylic acids is 1. The highest BCUT2D eigenvalue weighted by Gasteiger charge is 2.33. The summed E-state index contributed by atoms with van der Waals surface area (Å²) in [5.74, 6) is 1.28. The summed E-state index contributed by atoms with van der Waals surface area (Å²) in [4.78, 5) is 15.1. The molecule has 0 aliphatic carbocycles. The Morgan fingerprint density at radius 1 is 1.09 bits per heavy atom. The molecule has 0 N–H and O–H groups in total. The molecule has 32 heavy (non-hydrogen) atoms. The SMILES string of the molecule is COc1ccc(N2C(=O)/C(=C/c3ccc(OCc4ccc(Cl)cc4)c(Br)c3)SC2=S)cc1. The first-order chi connectivity index (χ1) is 15.4. The number of benzene rings is 3. The zero-order chi connectivity index (χ0) is 22.7. The number of thiocarbonyl (C=S) groups is 1. The minimum Gasteiger partial charge on any atom is -0.497 e. The predicted octanol–water partition coefficient (Wildman–Crippen LogP) is 7.10. The molecule has 3 aromatic rings. The van der Waals surface area contributed by atoms with Gasteiger partial charge in [-0.15, -0.1) is 0 Å². The first-order valence-corrected chi connectivity index (χ1v) is 11.9. The van der Waals surface area contributed by atoms with Gasteiger partial charge in [-0.2, -0.15) is 0 Å². The number of anilines is 1. The van der Waals surface area contributed by atoms with Crippen LogP contribution in [0.3, 0.4) is 0 Å². The zero-order valence-electron chi connectivity index (χ0n) is 16.9. The fourth-order valence-electron chi connectivity index (χ4n) is 3.04. The van der Waals surface area contributed by atoms with Crippen molar-refractivity contribution in [3.8, 4) is 11.5 Å². The summed E-state index contributed by atoms with van der Waals surface area (Å²) < 4.78 is 12.4. The minimum atomic E-state index is -0.149. The molecule has 1 fully saturated rings. The van der Waals surface area contributed by atoms with Gasteiger partial charge in [0, 0.05) is 5.02 Å². The number of thioether (sulfide) groups is 1. The Balaban J connectivity index is 1.48. The van der Waals surface area contributed by atoms with Crippen LogP contribution in [0, 0.1) is 0 Å². The monoisotopic (exact) mass is 545 g/mol. The van der Waals surface area contributed by atoms with Crippen molar-refractivity contribution in [3.05, 3.63) is 92.3 Å². The van der Waals surface area contributed by atoms with E-state index in [1.165, 1.54) is 16.7 Å². The van der Waals surface area contributed by atoms with Crippen molar-refractivity contribution in [2.45, 2.75) is 6.61 Å². The number of hydrogen-bond acceptors (Lipinski definition) is 5. The van der Waals surface area contributed by atoms with E-state index in [2.05, 4.69) is 15.9 Å². The lowest BCUT2D eigenvalue weighted by Crippen LogP contribution is -2.27. The fraction of sp³-hybridized carbons (Fsp3) is 0.0833. The third kappa shape index (κ3) is 5.18. The quantitative estimate of drug-likeness (QED) is 0.244. The maximum atomic E-state index is 13.0. The Morgan fingerprint density at radius 2 is 1.81 bits per heavy atom. The number of amides is 1. The van der Waals surface area contributed by atoms with Crippen molar-refractivity contribution in [3.63, 3.8) is 0 Å². The largest absolute Gasteiger partial charge is 0.497 e. The van der Waals surface area contributed by atoms with Crippen molar-refractivity contribution in [1.82, 2.24) is 0 Å². The Morgan fingerprint density at radius 3 is 2.47 bits per heavy atom. The molecule has 162 valence electrons. The van der Waals surface area contributed by atoms with Crippen molar-refractivity contribution in [2.24, 2.45) is 0 Å². The molecule has 1 heterocycles. The second-order valence-corrected chi connectivity index (χ2v) is 9.79. The van der Waals surface area contributed by atoms with E-state index in [-0.39, 0.29) is 5.91 Å². The molecule has 1 aliphatic rings. The fourth-order valence-corrected chi connectivity index (χ4v) is 4.97. The van der Waals surface area contributed by atoms with Gasteiger partial charge >= 0.3 is 0 Å².